The summed E-state index contributed by atoms with van der Waals surface area (Å²) in [6.07, 6.45) is 0. The van der Waals surface area contributed by atoms with Crippen LogP contribution in [0.25, 0.3) is 0 Å². The number of ether oxygens (including phenoxy) is 1. The second-order valence-corrected chi connectivity index (χ2v) is 6.31. The third-order valence-electron chi connectivity index (χ3n) is 2.49. The second-order valence-electron chi connectivity index (χ2n) is 3.74. The van der Waals surface area contributed by atoms with Gasteiger partial charge in [0.1, 0.15) is 5.75 Å². The predicted octanol–water partition coefficient (Wildman–Crippen LogP) is 4.71. The molecule has 0 fully saturated rings. The van der Waals surface area contributed by atoms with E-state index < -0.39 is 0 Å². The number of ketones is 1. The van der Waals surface area contributed by atoms with E-state index in [1.165, 1.54) is 11.3 Å². The standard InChI is InChI=1S/C13H10BrClO2S/c1-7-5-11(18-13(7)15)12(16)9-4-3-8(14)6-10(9)17-2/h3-6H,1-2H3. The summed E-state index contributed by atoms with van der Waals surface area (Å²) in [7, 11) is 1.55. The summed E-state index contributed by atoms with van der Waals surface area (Å²) < 4.78 is 6.75. The number of aryl methyl sites for hydroxylation is 1. The number of hydrogen-bond donors (Lipinski definition) is 0. The molecule has 0 saturated carbocycles. The Morgan fingerprint density at radius 3 is 2.67 bits per heavy atom. The van der Waals surface area contributed by atoms with Gasteiger partial charge in [0.2, 0.25) is 5.78 Å². The number of carbonyl (C=O) groups excluding carboxylic acids is 1. The quantitative estimate of drug-likeness (QED) is 0.753. The average molecular weight is 346 g/mol. The molecule has 0 saturated heterocycles. The van der Waals surface area contributed by atoms with E-state index in [1.807, 2.05) is 13.0 Å². The molecule has 94 valence electrons. The van der Waals surface area contributed by atoms with Crippen LogP contribution in [-0.4, -0.2) is 12.9 Å². The zero-order valence-corrected chi connectivity index (χ0v) is 12.9. The predicted molar refractivity (Wildman–Crippen MR) is 78.2 cm³/mol. The van der Waals surface area contributed by atoms with E-state index in [0.717, 1.165) is 10.0 Å². The molecule has 0 aliphatic carbocycles. The monoisotopic (exact) mass is 344 g/mol. The Bertz CT molecular complexity index is 588. The van der Waals surface area contributed by atoms with Crippen molar-refractivity contribution in [3.05, 3.63) is 49.1 Å². The van der Waals surface area contributed by atoms with Crippen LogP contribution in [0.4, 0.5) is 0 Å². The van der Waals surface area contributed by atoms with Crippen molar-refractivity contribution in [2.24, 2.45) is 0 Å². The van der Waals surface area contributed by atoms with Gasteiger partial charge in [0.25, 0.3) is 0 Å². The highest BCUT2D eigenvalue weighted by atomic mass is 79.9. The largest absolute Gasteiger partial charge is 0.496 e. The van der Waals surface area contributed by atoms with Gasteiger partial charge in [-0.3, -0.25) is 4.79 Å². The lowest BCUT2D eigenvalue weighted by molar-refractivity contribution is 0.103. The van der Waals surface area contributed by atoms with E-state index in [0.29, 0.717) is 20.5 Å². The molecular weight excluding hydrogens is 336 g/mol. The smallest absolute Gasteiger partial charge is 0.206 e. The molecule has 1 heterocycles. The van der Waals surface area contributed by atoms with Gasteiger partial charge < -0.3 is 4.74 Å². The van der Waals surface area contributed by atoms with E-state index in [2.05, 4.69) is 15.9 Å². The minimum absolute atomic E-state index is 0.0700. The zero-order chi connectivity index (χ0) is 13.3. The third-order valence-corrected chi connectivity index (χ3v) is 4.54. The lowest BCUT2D eigenvalue weighted by atomic mass is 10.1. The van der Waals surface area contributed by atoms with E-state index >= 15 is 0 Å². The highest BCUT2D eigenvalue weighted by Gasteiger charge is 2.17. The summed E-state index contributed by atoms with van der Waals surface area (Å²) in [4.78, 5) is 13.0. The van der Waals surface area contributed by atoms with Crippen LogP contribution in [0.1, 0.15) is 20.8 Å². The first-order valence-electron chi connectivity index (χ1n) is 5.17. The molecule has 2 aromatic rings. The summed E-state index contributed by atoms with van der Waals surface area (Å²) in [5, 5.41) is 0. The normalized spacial score (nSPS) is 10.4. The Labute approximate surface area is 123 Å². The molecule has 0 amide bonds. The molecule has 0 atom stereocenters. The van der Waals surface area contributed by atoms with Crippen molar-refractivity contribution >= 4 is 44.7 Å². The minimum Gasteiger partial charge on any atom is -0.496 e. The van der Waals surface area contributed by atoms with Crippen molar-refractivity contribution < 1.29 is 9.53 Å². The van der Waals surface area contributed by atoms with Gasteiger partial charge in [0.05, 0.1) is 21.9 Å². The number of methoxy groups -OCH3 is 1. The number of thiophene rings is 1. The maximum Gasteiger partial charge on any atom is 0.206 e. The van der Waals surface area contributed by atoms with Crippen molar-refractivity contribution in [2.75, 3.05) is 7.11 Å². The van der Waals surface area contributed by atoms with Gasteiger partial charge in [0, 0.05) is 4.47 Å². The van der Waals surface area contributed by atoms with Crippen LogP contribution in [0, 0.1) is 6.92 Å². The molecule has 0 unspecified atom stereocenters. The molecule has 1 aromatic carbocycles. The molecule has 0 aliphatic rings. The third kappa shape index (κ3) is 2.60. The Morgan fingerprint density at radius 1 is 1.39 bits per heavy atom. The average Bonchev–Trinajstić information content (AvgIpc) is 2.68. The van der Waals surface area contributed by atoms with Gasteiger partial charge in [-0.15, -0.1) is 11.3 Å². The zero-order valence-electron chi connectivity index (χ0n) is 9.79. The fraction of sp³-hybridized carbons (Fsp3) is 0.154. The van der Waals surface area contributed by atoms with Gasteiger partial charge in [-0.1, -0.05) is 27.5 Å². The fourth-order valence-corrected chi connectivity index (χ4v) is 3.05. The second kappa shape index (κ2) is 5.43. The summed E-state index contributed by atoms with van der Waals surface area (Å²) >= 11 is 10.6. The molecular formula is C13H10BrClO2S. The van der Waals surface area contributed by atoms with Crippen LogP contribution in [0.15, 0.2) is 28.7 Å². The summed E-state index contributed by atoms with van der Waals surface area (Å²) in [5.41, 5.74) is 1.46. The first-order valence-corrected chi connectivity index (χ1v) is 7.16. The number of rotatable bonds is 3. The van der Waals surface area contributed by atoms with Crippen LogP contribution >= 0.6 is 38.9 Å². The summed E-state index contributed by atoms with van der Waals surface area (Å²) in [6, 6.07) is 7.14. The highest BCUT2D eigenvalue weighted by molar-refractivity contribution is 9.10. The molecule has 0 radical (unpaired) electrons. The Balaban J connectivity index is 2.45. The molecule has 18 heavy (non-hydrogen) atoms. The van der Waals surface area contributed by atoms with Gasteiger partial charge in [0.15, 0.2) is 0 Å². The van der Waals surface area contributed by atoms with Crippen molar-refractivity contribution in [3.63, 3.8) is 0 Å². The molecule has 0 bridgehead atoms. The van der Waals surface area contributed by atoms with E-state index in [1.54, 1.807) is 25.3 Å². The Kier molecular flexibility index (Phi) is 4.10. The molecule has 2 rings (SSSR count). The van der Waals surface area contributed by atoms with E-state index in [9.17, 15) is 4.79 Å². The topological polar surface area (TPSA) is 26.3 Å². The van der Waals surface area contributed by atoms with Crippen LogP contribution in [0.3, 0.4) is 0 Å². The van der Waals surface area contributed by atoms with Gasteiger partial charge in [-0.25, -0.2) is 0 Å². The number of carbonyl (C=O) groups is 1. The maximum atomic E-state index is 12.4. The van der Waals surface area contributed by atoms with Crippen LogP contribution in [0.2, 0.25) is 4.34 Å². The molecule has 5 heteroatoms. The number of halogens is 2. The maximum absolute atomic E-state index is 12.4. The molecule has 0 spiro atoms. The van der Waals surface area contributed by atoms with Crippen molar-refractivity contribution in [3.8, 4) is 5.75 Å². The van der Waals surface area contributed by atoms with E-state index in [4.69, 9.17) is 16.3 Å². The van der Waals surface area contributed by atoms with E-state index in [-0.39, 0.29) is 5.78 Å². The SMILES string of the molecule is COc1cc(Br)ccc1C(=O)c1cc(C)c(Cl)s1. The van der Waals surface area contributed by atoms with Gasteiger partial charge in [-0.05, 0) is 36.8 Å². The van der Waals surface area contributed by atoms with Crippen molar-refractivity contribution in [1.29, 1.82) is 0 Å². The molecule has 2 nitrogen and oxygen atoms in total. The summed E-state index contributed by atoms with van der Waals surface area (Å²) in [6.45, 7) is 1.88. The summed E-state index contributed by atoms with van der Waals surface area (Å²) in [5.74, 6) is 0.482. The first-order chi connectivity index (χ1) is 8.52. The minimum atomic E-state index is -0.0700. The molecule has 0 aliphatic heterocycles. The number of hydrogen-bond acceptors (Lipinski definition) is 3. The van der Waals surface area contributed by atoms with Gasteiger partial charge in [-0.2, -0.15) is 0 Å². The Hall–Kier alpha value is -0.840. The van der Waals surface area contributed by atoms with Gasteiger partial charge >= 0.3 is 0 Å². The molecule has 0 N–H and O–H groups in total. The first kappa shape index (κ1) is 13.6. The van der Waals surface area contributed by atoms with Crippen molar-refractivity contribution in [1.82, 2.24) is 0 Å². The lowest BCUT2D eigenvalue weighted by Gasteiger charge is -2.06. The highest BCUT2D eigenvalue weighted by Crippen LogP contribution is 2.31. The van der Waals surface area contributed by atoms with Crippen LogP contribution in [0.5, 0.6) is 5.75 Å². The van der Waals surface area contributed by atoms with Crippen LogP contribution < -0.4 is 4.74 Å². The fourth-order valence-electron chi connectivity index (χ4n) is 1.56. The van der Waals surface area contributed by atoms with Crippen molar-refractivity contribution in [2.45, 2.75) is 6.92 Å². The lowest BCUT2D eigenvalue weighted by Crippen LogP contribution is -2.01. The number of benzene rings is 1. The van der Waals surface area contributed by atoms with Crippen LogP contribution in [-0.2, 0) is 0 Å². The molecule has 1 aromatic heterocycles. The Morgan fingerprint density at radius 2 is 2.11 bits per heavy atom.